The number of benzene rings is 2. The van der Waals surface area contributed by atoms with Crippen molar-refractivity contribution in [1.29, 1.82) is 0 Å². The first-order valence-corrected chi connectivity index (χ1v) is 7.80. The molecular formula is C18H19ClN2O3. The van der Waals surface area contributed by atoms with Crippen LogP contribution in [0.2, 0.25) is 5.02 Å². The van der Waals surface area contributed by atoms with Crippen LogP contribution >= 0.6 is 11.6 Å². The molecule has 2 N–H and O–H groups in total. The number of rotatable bonds is 5. The average molecular weight is 347 g/mol. The molecule has 0 fully saturated rings. The number of carbonyl (C=O) groups excluding carboxylic acids is 2. The Labute approximate surface area is 146 Å². The fourth-order valence-corrected chi connectivity index (χ4v) is 2.48. The number of hydrogen-bond donors (Lipinski definition) is 2. The van der Waals surface area contributed by atoms with E-state index in [-0.39, 0.29) is 18.4 Å². The molecule has 0 aliphatic rings. The normalized spacial score (nSPS) is 10.2. The maximum Gasteiger partial charge on any atom is 0.262 e. The van der Waals surface area contributed by atoms with E-state index in [1.165, 1.54) is 6.92 Å². The van der Waals surface area contributed by atoms with Crippen molar-refractivity contribution in [2.45, 2.75) is 20.8 Å². The lowest BCUT2D eigenvalue weighted by atomic mass is 10.1. The van der Waals surface area contributed by atoms with E-state index in [1.54, 1.807) is 18.2 Å². The van der Waals surface area contributed by atoms with Crippen LogP contribution in [0.5, 0.6) is 5.75 Å². The third kappa shape index (κ3) is 4.73. The molecule has 2 rings (SSSR count). The second kappa shape index (κ2) is 7.84. The van der Waals surface area contributed by atoms with Gasteiger partial charge in [-0.05, 0) is 43.2 Å². The van der Waals surface area contributed by atoms with Gasteiger partial charge in [0.25, 0.3) is 5.91 Å². The van der Waals surface area contributed by atoms with E-state index in [0.717, 1.165) is 11.1 Å². The summed E-state index contributed by atoms with van der Waals surface area (Å²) in [5.74, 6) is 0.205. The summed E-state index contributed by atoms with van der Waals surface area (Å²) in [6, 6.07) is 10.7. The highest BCUT2D eigenvalue weighted by molar-refractivity contribution is 6.34. The third-order valence-electron chi connectivity index (χ3n) is 3.32. The van der Waals surface area contributed by atoms with E-state index in [1.807, 2.05) is 32.0 Å². The summed E-state index contributed by atoms with van der Waals surface area (Å²) in [6.07, 6.45) is 0. The van der Waals surface area contributed by atoms with Crippen LogP contribution in [0.1, 0.15) is 18.1 Å². The van der Waals surface area contributed by atoms with Crippen LogP contribution in [0, 0.1) is 13.8 Å². The molecular weight excluding hydrogens is 328 g/mol. The predicted octanol–water partition coefficient (Wildman–Crippen LogP) is 3.93. The Bertz CT molecular complexity index is 755. The maximum absolute atomic E-state index is 12.1. The van der Waals surface area contributed by atoms with Gasteiger partial charge in [-0.3, -0.25) is 9.59 Å². The Morgan fingerprint density at radius 1 is 1.08 bits per heavy atom. The number of para-hydroxylation sites is 1. The molecule has 2 amide bonds. The first-order chi connectivity index (χ1) is 11.4. The van der Waals surface area contributed by atoms with Crippen LogP contribution in [-0.2, 0) is 9.59 Å². The van der Waals surface area contributed by atoms with Gasteiger partial charge in [0.2, 0.25) is 5.91 Å². The van der Waals surface area contributed by atoms with E-state index in [9.17, 15) is 9.59 Å². The van der Waals surface area contributed by atoms with Crippen molar-refractivity contribution in [2.75, 3.05) is 17.2 Å². The second-order valence-electron chi connectivity index (χ2n) is 5.43. The molecule has 0 saturated carbocycles. The average Bonchev–Trinajstić information content (AvgIpc) is 2.49. The molecule has 0 aliphatic heterocycles. The lowest BCUT2D eigenvalue weighted by Crippen LogP contribution is -2.21. The van der Waals surface area contributed by atoms with E-state index in [0.29, 0.717) is 22.1 Å². The highest BCUT2D eigenvalue weighted by Gasteiger charge is 2.10. The Morgan fingerprint density at radius 3 is 2.33 bits per heavy atom. The van der Waals surface area contributed by atoms with Gasteiger partial charge in [-0.1, -0.05) is 29.8 Å². The summed E-state index contributed by atoms with van der Waals surface area (Å²) < 4.78 is 5.61. The summed E-state index contributed by atoms with van der Waals surface area (Å²) in [5.41, 5.74) is 2.97. The zero-order chi connectivity index (χ0) is 17.7. The largest absolute Gasteiger partial charge is 0.483 e. The van der Waals surface area contributed by atoms with E-state index < -0.39 is 0 Å². The predicted molar refractivity (Wildman–Crippen MR) is 95.8 cm³/mol. The van der Waals surface area contributed by atoms with Gasteiger partial charge in [-0.2, -0.15) is 0 Å². The standard InChI is InChI=1S/C18H19ClN2O3/c1-11-5-4-6-12(2)18(11)24-10-17(23)21-16-8-7-14(9-15(16)19)20-13(3)22/h4-9H,10H2,1-3H3,(H,20,22)(H,21,23). The van der Waals surface area contributed by atoms with Gasteiger partial charge in [0.05, 0.1) is 10.7 Å². The van der Waals surface area contributed by atoms with Crippen molar-refractivity contribution in [1.82, 2.24) is 0 Å². The first kappa shape index (κ1) is 17.8. The topological polar surface area (TPSA) is 67.4 Å². The van der Waals surface area contributed by atoms with Crippen molar-refractivity contribution in [2.24, 2.45) is 0 Å². The number of anilines is 2. The number of ether oxygens (including phenoxy) is 1. The number of aryl methyl sites for hydroxylation is 2. The van der Waals surface area contributed by atoms with Crippen LogP contribution in [0.4, 0.5) is 11.4 Å². The smallest absolute Gasteiger partial charge is 0.262 e. The minimum absolute atomic E-state index is 0.116. The molecule has 126 valence electrons. The number of halogens is 1. The van der Waals surface area contributed by atoms with Crippen LogP contribution < -0.4 is 15.4 Å². The summed E-state index contributed by atoms with van der Waals surface area (Å²) in [5, 5.41) is 5.65. The molecule has 0 aromatic heterocycles. The number of carbonyl (C=O) groups is 2. The fraction of sp³-hybridized carbons (Fsp3) is 0.222. The van der Waals surface area contributed by atoms with Gasteiger partial charge in [0, 0.05) is 12.6 Å². The number of amides is 2. The second-order valence-corrected chi connectivity index (χ2v) is 5.84. The molecule has 0 bridgehead atoms. The van der Waals surface area contributed by atoms with Gasteiger partial charge in [0.15, 0.2) is 6.61 Å². The third-order valence-corrected chi connectivity index (χ3v) is 3.63. The molecule has 0 unspecified atom stereocenters. The zero-order valence-corrected chi connectivity index (χ0v) is 14.5. The summed E-state index contributed by atoms with van der Waals surface area (Å²) in [7, 11) is 0. The minimum atomic E-state index is -0.313. The molecule has 5 nitrogen and oxygen atoms in total. The summed E-state index contributed by atoms with van der Waals surface area (Å²) in [4.78, 5) is 23.1. The maximum atomic E-state index is 12.1. The van der Waals surface area contributed by atoms with Crippen LogP contribution in [0.25, 0.3) is 0 Å². The molecule has 0 heterocycles. The van der Waals surface area contributed by atoms with Crippen LogP contribution in [0.15, 0.2) is 36.4 Å². The summed E-state index contributed by atoms with van der Waals surface area (Å²) in [6.45, 7) is 5.15. The van der Waals surface area contributed by atoms with Crippen LogP contribution in [0.3, 0.4) is 0 Å². The van der Waals surface area contributed by atoms with E-state index in [4.69, 9.17) is 16.3 Å². The molecule has 24 heavy (non-hydrogen) atoms. The Morgan fingerprint density at radius 2 is 1.75 bits per heavy atom. The Kier molecular flexibility index (Phi) is 5.82. The number of nitrogens with one attached hydrogen (secondary N) is 2. The van der Waals surface area contributed by atoms with E-state index in [2.05, 4.69) is 10.6 Å². The van der Waals surface area contributed by atoms with Gasteiger partial charge in [0.1, 0.15) is 5.75 Å². The van der Waals surface area contributed by atoms with E-state index >= 15 is 0 Å². The molecule has 2 aromatic rings. The van der Waals surface area contributed by atoms with Gasteiger partial charge in [-0.15, -0.1) is 0 Å². The zero-order valence-electron chi connectivity index (χ0n) is 13.8. The van der Waals surface area contributed by atoms with Crippen molar-refractivity contribution in [3.63, 3.8) is 0 Å². The van der Waals surface area contributed by atoms with Crippen molar-refractivity contribution < 1.29 is 14.3 Å². The van der Waals surface area contributed by atoms with Gasteiger partial charge >= 0.3 is 0 Å². The molecule has 0 aliphatic carbocycles. The molecule has 0 atom stereocenters. The fourth-order valence-electron chi connectivity index (χ4n) is 2.25. The van der Waals surface area contributed by atoms with Crippen molar-refractivity contribution in [3.05, 3.63) is 52.5 Å². The minimum Gasteiger partial charge on any atom is -0.483 e. The van der Waals surface area contributed by atoms with Crippen molar-refractivity contribution >= 4 is 34.8 Å². The van der Waals surface area contributed by atoms with Crippen LogP contribution in [-0.4, -0.2) is 18.4 Å². The first-order valence-electron chi connectivity index (χ1n) is 7.43. The highest BCUT2D eigenvalue weighted by Crippen LogP contribution is 2.26. The monoisotopic (exact) mass is 346 g/mol. The Hall–Kier alpha value is -2.53. The SMILES string of the molecule is CC(=O)Nc1ccc(NC(=O)COc2c(C)cccc2C)c(Cl)c1. The Balaban J connectivity index is 1.98. The molecule has 6 heteroatoms. The van der Waals surface area contributed by atoms with Gasteiger partial charge in [-0.25, -0.2) is 0 Å². The highest BCUT2D eigenvalue weighted by atomic mass is 35.5. The lowest BCUT2D eigenvalue weighted by molar-refractivity contribution is -0.118. The quantitative estimate of drug-likeness (QED) is 0.861. The van der Waals surface area contributed by atoms with Gasteiger partial charge < -0.3 is 15.4 Å². The summed E-state index contributed by atoms with van der Waals surface area (Å²) >= 11 is 6.12. The molecule has 0 saturated heterocycles. The molecule has 2 aromatic carbocycles. The molecule has 0 radical (unpaired) electrons. The van der Waals surface area contributed by atoms with Crippen molar-refractivity contribution in [3.8, 4) is 5.75 Å². The molecule has 0 spiro atoms. The number of hydrogen-bond acceptors (Lipinski definition) is 3. The lowest BCUT2D eigenvalue weighted by Gasteiger charge is -2.13.